The summed E-state index contributed by atoms with van der Waals surface area (Å²) in [4.78, 5) is 29.3. The molecule has 0 spiro atoms. The number of carbonyl (C=O) groups excluding carboxylic acids is 1. The van der Waals surface area contributed by atoms with Crippen molar-refractivity contribution in [3.63, 3.8) is 0 Å². The molecule has 2 amide bonds. The third-order valence-electron chi connectivity index (χ3n) is 4.30. The van der Waals surface area contributed by atoms with Crippen LogP contribution in [0.2, 0.25) is 5.02 Å². The second kappa shape index (κ2) is 8.24. The molecular weight excluding hydrogens is 366 g/mol. The average Bonchev–Trinajstić information content (AvgIpc) is 2.64. The van der Waals surface area contributed by atoms with Gasteiger partial charge in [-0.3, -0.25) is 4.79 Å². The first-order valence-corrected chi connectivity index (χ1v) is 8.90. The minimum atomic E-state index is -0.444. The summed E-state index contributed by atoms with van der Waals surface area (Å²) in [5.74, 6) is 0. The average molecular weight is 386 g/mol. The van der Waals surface area contributed by atoms with Gasteiger partial charge in [-0.1, -0.05) is 41.9 Å². The molecule has 0 radical (unpaired) electrons. The molecule has 7 heteroatoms. The summed E-state index contributed by atoms with van der Waals surface area (Å²) < 4.78 is 0. The molecule has 6 nitrogen and oxygen atoms in total. The molecule has 0 aliphatic carbocycles. The molecule has 0 unspecified atom stereocenters. The zero-order valence-corrected chi connectivity index (χ0v) is 15.6. The van der Waals surface area contributed by atoms with Gasteiger partial charge in [-0.05, 0) is 36.1 Å². The number of aromatic nitrogens is 1. The van der Waals surface area contributed by atoms with Crippen molar-refractivity contribution in [1.82, 2.24) is 9.88 Å². The van der Waals surface area contributed by atoms with Crippen LogP contribution < -0.4 is 10.9 Å². The number of aromatic amines is 1. The van der Waals surface area contributed by atoms with Gasteiger partial charge in [0.1, 0.15) is 0 Å². The summed E-state index contributed by atoms with van der Waals surface area (Å²) in [5.41, 5.74) is 2.40. The SMILES string of the molecule is Cc1cccc2cc(CN(CCO)C(=O)Nc3ccccc3Cl)c(=O)[nH]c12. The number of hydrogen-bond acceptors (Lipinski definition) is 3. The van der Waals surface area contributed by atoms with E-state index in [1.807, 2.05) is 25.1 Å². The highest BCUT2D eigenvalue weighted by atomic mass is 35.5. The first kappa shape index (κ1) is 18.9. The van der Waals surface area contributed by atoms with Crippen molar-refractivity contribution >= 4 is 34.2 Å². The van der Waals surface area contributed by atoms with Gasteiger partial charge >= 0.3 is 6.03 Å². The Balaban J connectivity index is 1.87. The normalized spacial score (nSPS) is 10.8. The topological polar surface area (TPSA) is 85.4 Å². The van der Waals surface area contributed by atoms with Crippen LogP contribution in [-0.2, 0) is 6.54 Å². The Morgan fingerprint density at radius 1 is 1.22 bits per heavy atom. The highest BCUT2D eigenvalue weighted by Gasteiger charge is 2.17. The maximum Gasteiger partial charge on any atom is 0.322 e. The van der Waals surface area contributed by atoms with Gasteiger partial charge in [0.15, 0.2) is 0 Å². The number of aryl methyl sites for hydroxylation is 1. The predicted octanol–water partition coefficient (Wildman–Crippen LogP) is 3.52. The lowest BCUT2D eigenvalue weighted by atomic mass is 10.1. The number of hydrogen-bond donors (Lipinski definition) is 3. The maximum absolute atomic E-state index is 12.6. The number of H-pyrrole nitrogens is 1. The summed E-state index contributed by atoms with van der Waals surface area (Å²) in [6.07, 6.45) is 0. The Kier molecular flexibility index (Phi) is 5.78. The quantitative estimate of drug-likeness (QED) is 0.628. The van der Waals surface area contributed by atoms with Gasteiger partial charge in [0.05, 0.1) is 29.4 Å². The van der Waals surface area contributed by atoms with Gasteiger partial charge in [-0.25, -0.2) is 4.79 Å². The smallest absolute Gasteiger partial charge is 0.322 e. The molecule has 140 valence electrons. The summed E-state index contributed by atoms with van der Waals surface area (Å²) in [6.45, 7) is 1.85. The van der Waals surface area contributed by atoms with E-state index in [-0.39, 0.29) is 25.3 Å². The van der Waals surface area contributed by atoms with Crippen molar-refractivity contribution in [2.75, 3.05) is 18.5 Å². The van der Waals surface area contributed by atoms with E-state index in [9.17, 15) is 14.7 Å². The van der Waals surface area contributed by atoms with Crippen LogP contribution >= 0.6 is 11.6 Å². The Morgan fingerprint density at radius 3 is 2.74 bits per heavy atom. The lowest BCUT2D eigenvalue weighted by Crippen LogP contribution is -2.38. The van der Waals surface area contributed by atoms with Crippen LogP contribution in [0.3, 0.4) is 0 Å². The Morgan fingerprint density at radius 2 is 2.00 bits per heavy atom. The van der Waals surface area contributed by atoms with Crippen LogP contribution in [0.4, 0.5) is 10.5 Å². The number of carbonyl (C=O) groups is 1. The Bertz CT molecular complexity index is 1030. The summed E-state index contributed by atoms with van der Waals surface area (Å²) >= 11 is 6.08. The van der Waals surface area contributed by atoms with Crippen LogP contribution in [-0.4, -0.2) is 34.2 Å². The zero-order valence-electron chi connectivity index (χ0n) is 14.8. The second-order valence-electron chi connectivity index (χ2n) is 6.22. The van der Waals surface area contributed by atoms with Crippen molar-refractivity contribution in [2.24, 2.45) is 0 Å². The van der Waals surface area contributed by atoms with Crippen LogP contribution in [0, 0.1) is 6.92 Å². The number of para-hydroxylation sites is 2. The zero-order chi connectivity index (χ0) is 19.4. The number of anilines is 1. The molecule has 3 rings (SSSR count). The number of pyridine rings is 1. The van der Waals surface area contributed by atoms with Crippen molar-refractivity contribution in [1.29, 1.82) is 0 Å². The molecule has 0 aliphatic rings. The number of fused-ring (bicyclic) bond motifs is 1. The number of halogens is 1. The van der Waals surface area contributed by atoms with E-state index >= 15 is 0 Å². The molecule has 1 aromatic heterocycles. The number of aliphatic hydroxyl groups excluding tert-OH is 1. The molecule has 0 bridgehead atoms. The van der Waals surface area contributed by atoms with Gasteiger partial charge in [-0.2, -0.15) is 0 Å². The molecule has 0 fully saturated rings. The fourth-order valence-corrected chi connectivity index (χ4v) is 3.06. The fourth-order valence-electron chi connectivity index (χ4n) is 2.88. The molecule has 3 N–H and O–H groups in total. The van der Waals surface area contributed by atoms with E-state index in [1.165, 1.54) is 4.90 Å². The first-order valence-electron chi connectivity index (χ1n) is 8.52. The van der Waals surface area contributed by atoms with Crippen molar-refractivity contribution in [3.8, 4) is 0 Å². The number of benzene rings is 2. The third kappa shape index (κ3) is 4.30. The molecule has 2 aromatic carbocycles. The monoisotopic (exact) mass is 385 g/mol. The Labute approximate surface area is 161 Å². The number of nitrogens with one attached hydrogen (secondary N) is 2. The molecule has 0 saturated heterocycles. The van der Waals surface area contributed by atoms with Crippen LogP contribution in [0.1, 0.15) is 11.1 Å². The minimum Gasteiger partial charge on any atom is -0.395 e. The number of nitrogens with zero attached hydrogens (tertiary/aromatic N) is 1. The molecule has 0 aliphatic heterocycles. The summed E-state index contributed by atoms with van der Waals surface area (Å²) in [7, 11) is 0. The van der Waals surface area contributed by atoms with Crippen molar-refractivity contribution in [3.05, 3.63) is 75.0 Å². The summed E-state index contributed by atoms with van der Waals surface area (Å²) in [6, 6.07) is 13.9. The van der Waals surface area contributed by atoms with Crippen LogP contribution in [0.5, 0.6) is 0 Å². The summed E-state index contributed by atoms with van der Waals surface area (Å²) in [5, 5.41) is 13.3. The maximum atomic E-state index is 12.6. The number of rotatable bonds is 5. The third-order valence-corrected chi connectivity index (χ3v) is 4.63. The van der Waals surface area contributed by atoms with E-state index in [4.69, 9.17) is 11.6 Å². The van der Waals surface area contributed by atoms with E-state index in [0.717, 1.165) is 16.5 Å². The molecule has 0 atom stereocenters. The number of urea groups is 1. The van der Waals surface area contributed by atoms with Crippen LogP contribution in [0.25, 0.3) is 10.9 Å². The standard InChI is InChI=1S/C20H20ClN3O3/c1-13-5-4-6-14-11-15(19(26)23-18(13)14)12-24(9-10-25)20(27)22-17-8-3-2-7-16(17)21/h2-8,11,25H,9-10,12H2,1H3,(H,22,27)(H,23,26). The molecule has 27 heavy (non-hydrogen) atoms. The van der Waals surface area contributed by atoms with Crippen molar-refractivity contribution < 1.29 is 9.90 Å². The van der Waals surface area contributed by atoms with Gasteiger partial charge in [0.2, 0.25) is 0 Å². The second-order valence-corrected chi connectivity index (χ2v) is 6.63. The highest BCUT2D eigenvalue weighted by Crippen LogP contribution is 2.21. The Hall–Kier alpha value is -2.83. The highest BCUT2D eigenvalue weighted by molar-refractivity contribution is 6.33. The van der Waals surface area contributed by atoms with Gasteiger partial charge in [0, 0.05) is 12.1 Å². The van der Waals surface area contributed by atoms with E-state index in [0.29, 0.717) is 16.3 Å². The lowest BCUT2D eigenvalue weighted by molar-refractivity contribution is 0.185. The van der Waals surface area contributed by atoms with E-state index in [1.54, 1.807) is 30.3 Å². The van der Waals surface area contributed by atoms with Gasteiger partial charge < -0.3 is 20.3 Å². The number of aliphatic hydroxyl groups is 1. The van der Waals surface area contributed by atoms with E-state index < -0.39 is 6.03 Å². The molecular formula is C20H20ClN3O3. The molecule has 3 aromatic rings. The molecule has 0 saturated carbocycles. The van der Waals surface area contributed by atoms with Crippen LogP contribution in [0.15, 0.2) is 53.3 Å². The minimum absolute atomic E-state index is 0.0655. The molecule has 1 heterocycles. The lowest BCUT2D eigenvalue weighted by Gasteiger charge is -2.22. The van der Waals surface area contributed by atoms with Gasteiger partial charge in [0.25, 0.3) is 5.56 Å². The van der Waals surface area contributed by atoms with E-state index in [2.05, 4.69) is 10.3 Å². The fraction of sp³-hybridized carbons (Fsp3) is 0.200. The first-order chi connectivity index (χ1) is 13.0. The number of amides is 2. The van der Waals surface area contributed by atoms with Crippen molar-refractivity contribution in [2.45, 2.75) is 13.5 Å². The largest absolute Gasteiger partial charge is 0.395 e. The predicted molar refractivity (Wildman–Crippen MR) is 107 cm³/mol. The van der Waals surface area contributed by atoms with Gasteiger partial charge in [-0.15, -0.1) is 0 Å².